The molecule has 0 unspecified atom stereocenters. The lowest BCUT2D eigenvalue weighted by Gasteiger charge is -2.31. The van der Waals surface area contributed by atoms with Crippen molar-refractivity contribution >= 4 is 18.3 Å². The number of aromatic nitrogens is 2. The highest BCUT2D eigenvalue weighted by Crippen LogP contribution is 2.26. The molecule has 0 radical (unpaired) electrons. The molecule has 9 nitrogen and oxygen atoms in total. The molecule has 1 heterocycles. The standard InChI is InChI=1S/C21H27FN4O3.CH2O2/c1-14-23-19(25-29-14)11-12-26(2)21(28)16-5-9-18(10-6-16)24-20(27)13-15-3-7-17(22)8-4-15;2-1-3/h3-4,7-8,16,18H,5-6,9-13H2,1-2H3,(H,24,27);1H,(H,2,3). The number of amides is 2. The van der Waals surface area contributed by atoms with Gasteiger partial charge in [0.25, 0.3) is 6.47 Å². The van der Waals surface area contributed by atoms with Gasteiger partial charge in [0, 0.05) is 38.9 Å². The zero-order valence-electron chi connectivity index (χ0n) is 18.3. The maximum atomic E-state index is 12.9. The van der Waals surface area contributed by atoms with Crippen LogP contribution >= 0.6 is 0 Å². The van der Waals surface area contributed by atoms with Gasteiger partial charge in [-0.05, 0) is 43.4 Å². The Hall–Kier alpha value is -3.30. The molecule has 10 heteroatoms. The van der Waals surface area contributed by atoms with Gasteiger partial charge in [0.05, 0.1) is 6.42 Å². The van der Waals surface area contributed by atoms with Crippen molar-refractivity contribution in [2.24, 2.45) is 5.92 Å². The second kappa shape index (κ2) is 12.5. The van der Waals surface area contributed by atoms with Crippen molar-refractivity contribution < 1.29 is 28.4 Å². The lowest BCUT2D eigenvalue weighted by molar-refractivity contribution is -0.135. The van der Waals surface area contributed by atoms with E-state index in [1.54, 1.807) is 31.0 Å². The molecule has 0 aliphatic heterocycles. The van der Waals surface area contributed by atoms with E-state index in [1.165, 1.54) is 12.1 Å². The van der Waals surface area contributed by atoms with Gasteiger partial charge < -0.3 is 19.8 Å². The van der Waals surface area contributed by atoms with Gasteiger partial charge in [-0.1, -0.05) is 17.3 Å². The molecule has 1 aromatic carbocycles. The molecule has 0 atom stereocenters. The van der Waals surface area contributed by atoms with Crippen LogP contribution in [0.2, 0.25) is 0 Å². The number of aryl methyl sites for hydroxylation is 1. The van der Waals surface area contributed by atoms with Crippen LogP contribution in [0.1, 0.15) is 43.0 Å². The molecule has 3 rings (SSSR count). The third kappa shape index (κ3) is 8.09. The van der Waals surface area contributed by atoms with E-state index in [4.69, 9.17) is 14.4 Å². The summed E-state index contributed by atoms with van der Waals surface area (Å²) in [5, 5.41) is 13.8. The lowest BCUT2D eigenvalue weighted by Crippen LogP contribution is -2.42. The quantitative estimate of drug-likeness (QED) is 0.622. The molecule has 1 saturated carbocycles. The summed E-state index contributed by atoms with van der Waals surface area (Å²) in [7, 11) is 1.80. The summed E-state index contributed by atoms with van der Waals surface area (Å²) in [5.41, 5.74) is 0.784. The number of carbonyl (C=O) groups excluding carboxylic acids is 2. The molecule has 2 aromatic rings. The van der Waals surface area contributed by atoms with E-state index in [2.05, 4.69) is 15.5 Å². The minimum atomic E-state index is -0.311. The summed E-state index contributed by atoms with van der Waals surface area (Å²) in [6.07, 6.45) is 3.87. The second-order valence-electron chi connectivity index (χ2n) is 7.76. The molecule has 1 aromatic heterocycles. The van der Waals surface area contributed by atoms with Gasteiger partial charge in [0.1, 0.15) is 5.82 Å². The summed E-state index contributed by atoms with van der Waals surface area (Å²) in [5.74, 6) is 0.857. The molecule has 174 valence electrons. The highest BCUT2D eigenvalue weighted by atomic mass is 19.1. The van der Waals surface area contributed by atoms with Crippen LogP contribution in [0.15, 0.2) is 28.8 Å². The van der Waals surface area contributed by atoms with E-state index in [1.807, 2.05) is 0 Å². The van der Waals surface area contributed by atoms with E-state index >= 15 is 0 Å². The number of benzene rings is 1. The Balaban J connectivity index is 0.00000114. The first-order valence-electron chi connectivity index (χ1n) is 10.5. The first kappa shape index (κ1) is 25.0. The first-order valence-corrected chi connectivity index (χ1v) is 10.5. The highest BCUT2D eigenvalue weighted by molar-refractivity contribution is 5.80. The summed E-state index contributed by atoms with van der Waals surface area (Å²) < 4.78 is 17.9. The molecule has 0 bridgehead atoms. The summed E-state index contributed by atoms with van der Waals surface area (Å²) in [6, 6.07) is 6.04. The van der Waals surface area contributed by atoms with Crippen molar-refractivity contribution in [2.75, 3.05) is 13.6 Å². The van der Waals surface area contributed by atoms with Crippen LogP contribution in [0, 0.1) is 18.7 Å². The Morgan fingerprint density at radius 1 is 1.25 bits per heavy atom. The van der Waals surface area contributed by atoms with Crippen LogP contribution in [-0.4, -0.2) is 58.1 Å². The van der Waals surface area contributed by atoms with Crippen molar-refractivity contribution in [3.05, 3.63) is 47.4 Å². The van der Waals surface area contributed by atoms with Crippen molar-refractivity contribution in [1.29, 1.82) is 0 Å². The van der Waals surface area contributed by atoms with Crippen molar-refractivity contribution in [3.8, 4) is 0 Å². The summed E-state index contributed by atoms with van der Waals surface area (Å²) >= 11 is 0. The molecular formula is C22H29FN4O5. The molecule has 1 aliphatic rings. The van der Waals surface area contributed by atoms with Crippen molar-refractivity contribution in [3.63, 3.8) is 0 Å². The molecule has 1 aliphatic carbocycles. The van der Waals surface area contributed by atoms with Crippen LogP contribution in [0.4, 0.5) is 4.39 Å². The van der Waals surface area contributed by atoms with E-state index in [0.717, 1.165) is 31.2 Å². The second-order valence-corrected chi connectivity index (χ2v) is 7.76. The molecule has 2 N–H and O–H groups in total. The minimum absolute atomic E-state index is 0.0164. The van der Waals surface area contributed by atoms with Crippen LogP contribution < -0.4 is 5.32 Å². The number of halogens is 1. The zero-order valence-corrected chi connectivity index (χ0v) is 18.3. The fraction of sp³-hybridized carbons (Fsp3) is 0.500. The van der Waals surface area contributed by atoms with Crippen LogP contribution in [0.25, 0.3) is 0 Å². The average molecular weight is 448 g/mol. The topological polar surface area (TPSA) is 126 Å². The third-order valence-corrected chi connectivity index (χ3v) is 5.34. The average Bonchev–Trinajstić information content (AvgIpc) is 3.19. The highest BCUT2D eigenvalue weighted by Gasteiger charge is 2.29. The molecular weight excluding hydrogens is 419 g/mol. The fourth-order valence-corrected chi connectivity index (χ4v) is 3.68. The SMILES string of the molecule is Cc1nc(CCN(C)C(=O)C2CCC(NC(=O)Cc3ccc(F)cc3)CC2)no1.O=CO. The van der Waals surface area contributed by atoms with Gasteiger partial charge in [-0.15, -0.1) is 0 Å². The molecule has 1 fully saturated rings. The van der Waals surface area contributed by atoms with Crippen molar-refractivity contribution in [2.45, 2.75) is 51.5 Å². The number of likely N-dealkylation sites (N-methyl/N-ethyl adjacent to an activating group) is 1. The van der Waals surface area contributed by atoms with E-state index in [0.29, 0.717) is 24.7 Å². The van der Waals surface area contributed by atoms with Crippen LogP contribution in [0.3, 0.4) is 0 Å². The largest absolute Gasteiger partial charge is 0.483 e. The lowest BCUT2D eigenvalue weighted by atomic mass is 9.85. The summed E-state index contributed by atoms with van der Waals surface area (Å²) in [6.45, 7) is 2.04. The number of hydrogen-bond acceptors (Lipinski definition) is 6. The van der Waals surface area contributed by atoms with Gasteiger partial charge in [-0.2, -0.15) is 4.98 Å². The van der Waals surface area contributed by atoms with Crippen LogP contribution in [-0.2, 0) is 27.2 Å². The van der Waals surface area contributed by atoms with Gasteiger partial charge in [0.15, 0.2) is 5.82 Å². The number of rotatable bonds is 7. The third-order valence-electron chi connectivity index (χ3n) is 5.34. The predicted molar refractivity (Wildman–Crippen MR) is 113 cm³/mol. The molecule has 0 spiro atoms. The normalized spacial score (nSPS) is 17.6. The predicted octanol–water partition coefficient (Wildman–Crippen LogP) is 2.14. The monoisotopic (exact) mass is 448 g/mol. The minimum Gasteiger partial charge on any atom is -0.483 e. The van der Waals surface area contributed by atoms with E-state index in [-0.39, 0.29) is 42.5 Å². The number of nitrogens with one attached hydrogen (secondary N) is 1. The van der Waals surface area contributed by atoms with E-state index in [9.17, 15) is 14.0 Å². The van der Waals surface area contributed by atoms with Gasteiger partial charge in [-0.3, -0.25) is 14.4 Å². The fourth-order valence-electron chi connectivity index (χ4n) is 3.68. The first-order chi connectivity index (χ1) is 15.3. The van der Waals surface area contributed by atoms with Crippen molar-refractivity contribution in [1.82, 2.24) is 20.4 Å². The van der Waals surface area contributed by atoms with Gasteiger partial charge in [-0.25, -0.2) is 4.39 Å². The Morgan fingerprint density at radius 2 is 1.88 bits per heavy atom. The van der Waals surface area contributed by atoms with Gasteiger partial charge in [0.2, 0.25) is 17.7 Å². The Kier molecular flexibility index (Phi) is 9.77. The Bertz CT molecular complexity index is 879. The smallest absolute Gasteiger partial charge is 0.290 e. The summed E-state index contributed by atoms with van der Waals surface area (Å²) in [4.78, 5) is 39.1. The number of carboxylic acid groups (broad SMARTS) is 1. The Morgan fingerprint density at radius 3 is 2.44 bits per heavy atom. The number of carbonyl (C=O) groups is 3. The van der Waals surface area contributed by atoms with Gasteiger partial charge >= 0.3 is 0 Å². The Labute approximate surface area is 186 Å². The zero-order chi connectivity index (χ0) is 23.5. The number of nitrogens with zero attached hydrogens (tertiary/aromatic N) is 3. The maximum Gasteiger partial charge on any atom is 0.290 e. The van der Waals surface area contributed by atoms with Crippen LogP contribution in [0.5, 0.6) is 0 Å². The maximum absolute atomic E-state index is 12.9. The van der Waals surface area contributed by atoms with E-state index < -0.39 is 0 Å². The molecule has 32 heavy (non-hydrogen) atoms. The molecule has 2 amide bonds. The number of hydrogen-bond donors (Lipinski definition) is 2. The molecule has 0 saturated heterocycles.